The molecule has 0 aliphatic carbocycles. The summed E-state index contributed by atoms with van der Waals surface area (Å²) < 4.78 is 0. The van der Waals surface area contributed by atoms with E-state index in [9.17, 15) is 10.1 Å². The van der Waals surface area contributed by atoms with Gasteiger partial charge in [0, 0.05) is 47.9 Å². The number of anilines is 3. The molecule has 0 amide bonds. The number of non-ortho nitro benzene ring substituents is 1. The summed E-state index contributed by atoms with van der Waals surface area (Å²) in [5, 5.41) is 17.1. The molecular formula is C18H18N6O2. The quantitative estimate of drug-likeness (QED) is 0.511. The van der Waals surface area contributed by atoms with Crippen LogP contribution in [0.15, 0.2) is 54.9 Å². The van der Waals surface area contributed by atoms with Crippen LogP contribution in [0.1, 0.15) is 13.8 Å². The summed E-state index contributed by atoms with van der Waals surface area (Å²) in [6.07, 6.45) is 3.44. The van der Waals surface area contributed by atoms with Crippen molar-refractivity contribution in [1.82, 2.24) is 15.0 Å². The predicted octanol–water partition coefficient (Wildman–Crippen LogP) is 4.01. The van der Waals surface area contributed by atoms with E-state index in [0.29, 0.717) is 17.5 Å². The van der Waals surface area contributed by atoms with Gasteiger partial charge < -0.3 is 10.6 Å². The lowest BCUT2D eigenvalue weighted by atomic mass is 10.2. The van der Waals surface area contributed by atoms with E-state index in [1.165, 1.54) is 12.1 Å². The van der Waals surface area contributed by atoms with Gasteiger partial charge in [0.25, 0.3) is 5.69 Å². The first-order valence-electron chi connectivity index (χ1n) is 8.09. The first-order valence-corrected chi connectivity index (χ1v) is 8.09. The van der Waals surface area contributed by atoms with Crippen LogP contribution in [0.25, 0.3) is 11.3 Å². The van der Waals surface area contributed by atoms with Gasteiger partial charge >= 0.3 is 0 Å². The Morgan fingerprint density at radius 1 is 1.12 bits per heavy atom. The number of aromatic nitrogens is 3. The number of nitrogens with zero attached hydrogens (tertiary/aromatic N) is 4. The third-order valence-corrected chi connectivity index (χ3v) is 3.45. The molecule has 0 aliphatic heterocycles. The Morgan fingerprint density at radius 3 is 2.50 bits per heavy atom. The number of hydrogen-bond donors (Lipinski definition) is 2. The van der Waals surface area contributed by atoms with Gasteiger partial charge in [0.05, 0.1) is 10.6 Å². The fourth-order valence-corrected chi connectivity index (χ4v) is 2.31. The van der Waals surface area contributed by atoms with Crippen molar-refractivity contribution >= 4 is 23.1 Å². The van der Waals surface area contributed by atoms with Gasteiger partial charge in [-0.05, 0) is 38.1 Å². The Balaban J connectivity index is 1.93. The molecule has 3 rings (SSSR count). The molecule has 0 saturated heterocycles. The standard InChI is InChI=1S/C18H18N6O2/c1-12(2)20-18-22-16(13-4-3-9-19-11-13)10-17(23-18)21-14-5-7-15(8-6-14)24(25)26/h3-12H,1-2H3,(H2,20,21,22,23). The maximum Gasteiger partial charge on any atom is 0.269 e. The van der Waals surface area contributed by atoms with Crippen molar-refractivity contribution in [3.63, 3.8) is 0 Å². The molecule has 0 radical (unpaired) electrons. The molecule has 3 aromatic rings. The molecule has 8 nitrogen and oxygen atoms in total. The molecule has 2 N–H and O–H groups in total. The van der Waals surface area contributed by atoms with Crippen LogP contribution >= 0.6 is 0 Å². The van der Waals surface area contributed by atoms with E-state index in [1.54, 1.807) is 24.5 Å². The molecule has 26 heavy (non-hydrogen) atoms. The minimum atomic E-state index is -0.431. The van der Waals surface area contributed by atoms with Crippen LogP contribution in [0.3, 0.4) is 0 Å². The molecule has 0 aliphatic rings. The van der Waals surface area contributed by atoms with Gasteiger partial charge in [-0.25, -0.2) is 4.98 Å². The highest BCUT2D eigenvalue weighted by atomic mass is 16.6. The Kier molecular flexibility index (Phi) is 5.02. The summed E-state index contributed by atoms with van der Waals surface area (Å²) in [6.45, 7) is 4.01. The van der Waals surface area contributed by atoms with Crippen LogP contribution in [0.4, 0.5) is 23.1 Å². The van der Waals surface area contributed by atoms with Gasteiger partial charge in [0.2, 0.25) is 5.95 Å². The van der Waals surface area contributed by atoms with Gasteiger partial charge in [-0.2, -0.15) is 4.98 Å². The molecule has 1 aromatic carbocycles. The topological polar surface area (TPSA) is 106 Å². The molecule has 132 valence electrons. The Morgan fingerprint density at radius 2 is 1.88 bits per heavy atom. The predicted molar refractivity (Wildman–Crippen MR) is 100 cm³/mol. The average molecular weight is 350 g/mol. The third kappa shape index (κ3) is 4.29. The molecule has 8 heteroatoms. The summed E-state index contributed by atoms with van der Waals surface area (Å²) in [4.78, 5) is 23.5. The molecule has 0 saturated carbocycles. The second kappa shape index (κ2) is 7.56. The number of hydrogen-bond acceptors (Lipinski definition) is 7. The summed E-state index contributed by atoms with van der Waals surface area (Å²) in [7, 11) is 0. The number of nitro benzene ring substituents is 1. The van der Waals surface area contributed by atoms with E-state index in [0.717, 1.165) is 11.3 Å². The highest BCUT2D eigenvalue weighted by molar-refractivity contribution is 5.67. The second-order valence-corrected chi connectivity index (χ2v) is 5.93. The molecule has 0 bridgehead atoms. The summed E-state index contributed by atoms with van der Waals surface area (Å²) in [5.74, 6) is 1.07. The van der Waals surface area contributed by atoms with Gasteiger partial charge in [0.15, 0.2) is 0 Å². The zero-order chi connectivity index (χ0) is 18.5. The number of benzene rings is 1. The van der Waals surface area contributed by atoms with E-state index in [1.807, 2.05) is 32.0 Å². The fourth-order valence-electron chi connectivity index (χ4n) is 2.31. The number of rotatable bonds is 6. The van der Waals surface area contributed by atoms with Crippen molar-refractivity contribution in [2.24, 2.45) is 0 Å². The largest absolute Gasteiger partial charge is 0.352 e. The minimum Gasteiger partial charge on any atom is -0.352 e. The lowest BCUT2D eigenvalue weighted by molar-refractivity contribution is -0.384. The number of nitrogens with one attached hydrogen (secondary N) is 2. The van der Waals surface area contributed by atoms with Crippen molar-refractivity contribution in [2.45, 2.75) is 19.9 Å². The van der Waals surface area contributed by atoms with E-state index in [-0.39, 0.29) is 11.7 Å². The molecule has 0 unspecified atom stereocenters. The number of nitro groups is 1. The van der Waals surface area contributed by atoms with E-state index >= 15 is 0 Å². The van der Waals surface area contributed by atoms with Crippen LogP contribution < -0.4 is 10.6 Å². The maximum absolute atomic E-state index is 10.8. The Hall–Kier alpha value is -3.55. The summed E-state index contributed by atoms with van der Waals surface area (Å²) in [5.41, 5.74) is 2.33. The highest BCUT2D eigenvalue weighted by Crippen LogP contribution is 2.24. The first-order chi connectivity index (χ1) is 12.5. The lowest BCUT2D eigenvalue weighted by Crippen LogP contribution is -2.13. The summed E-state index contributed by atoms with van der Waals surface area (Å²) in [6, 6.07) is 11.9. The van der Waals surface area contributed by atoms with Crippen LogP contribution in [0.5, 0.6) is 0 Å². The van der Waals surface area contributed by atoms with Crippen molar-refractivity contribution in [2.75, 3.05) is 10.6 Å². The monoisotopic (exact) mass is 350 g/mol. The van der Waals surface area contributed by atoms with E-state index in [4.69, 9.17) is 0 Å². The third-order valence-electron chi connectivity index (χ3n) is 3.45. The molecule has 2 heterocycles. The first kappa shape index (κ1) is 17.3. The van der Waals surface area contributed by atoms with Gasteiger partial charge in [-0.15, -0.1) is 0 Å². The Bertz CT molecular complexity index is 897. The molecular weight excluding hydrogens is 332 g/mol. The second-order valence-electron chi connectivity index (χ2n) is 5.93. The summed E-state index contributed by atoms with van der Waals surface area (Å²) >= 11 is 0. The van der Waals surface area contributed by atoms with Gasteiger partial charge in [-0.3, -0.25) is 15.1 Å². The maximum atomic E-state index is 10.8. The van der Waals surface area contributed by atoms with Crippen LogP contribution in [-0.4, -0.2) is 25.9 Å². The zero-order valence-corrected chi connectivity index (χ0v) is 14.4. The van der Waals surface area contributed by atoms with E-state index < -0.39 is 4.92 Å². The van der Waals surface area contributed by atoms with Gasteiger partial charge in [-0.1, -0.05) is 0 Å². The molecule has 0 fully saturated rings. The van der Waals surface area contributed by atoms with E-state index in [2.05, 4.69) is 25.6 Å². The Labute approximate surface area is 150 Å². The zero-order valence-electron chi connectivity index (χ0n) is 14.4. The average Bonchev–Trinajstić information content (AvgIpc) is 2.62. The SMILES string of the molecule is CC(C)Nc1nc(Nc2ccc([N+](=O)[O-])cc2)cc(-c2cccnc2)n1. The van der Waals surface area contributed by atoms with Crippen LogP contribution in [0, 0.1) is 10.1 Å². The minimum absolute atomic E-state index is 0.0384. The molecule has 0 atom stereocenters. The highest BCUT2D eigenvalue weighted by Gasteiger charge is 2.09. The molecule has 0 spiro atoms. The fraction of sp³-hybridized carbons (Fsp3) is 0.167. The van der Waals surface area contributed by atoms with Crippen LogP contribution in [-0.2, 0) is 0 Å². The smallest absolute Gasteiger partial charge is 0.269 e. The number of pyridine rings is 1. The van der Waals surface area contributed by atoms with Gasteiger partial charge in [0.1, 0.15) is 5.82 Å². The molecule has 2 aromatic heterocycles. The van der Waals surface area contributed by atoms with Crippen molar-refractivity contribution < 1.29 is 4.92 Å². The van der Waals surface area contributed by atoms with Crippen LogP contribution in [0.2, 0.25) is 0 Å². The lowest BCUT2D eigenvalue weighted by Gasteiger charge is -2.13. The van der Waals surface area contributed by atoms with Crippen molar-refractivity contribution in [3.05, 3.63) is 65.0 Å². The van der Waals surface area contributed by atoms with Crippen molar-refractivity contribution in [1.29, 1.82) is 0 Å². The van der Waals surface area contributed by atoms with Crippen molar-refractivity contribution in [3.8, 4) is 11.3 Å². The normalized spacial score (nSPS) is 10.6.